The second-order valence-electron chi connectivity index (χ2n) is 11.3. The maximum absolute atomic E-state index is 13.7. The summed E-state index contributed by atoms with van der Waals surface area (Å²) in [4.78, 5) is 26.2. The van der Waals surface area contributed by atoms with Crippen molar-refractivity contribution in [2.45, 2.75) is 38.5 Å². The number of sulfonamides is 1. The second-order valence-corrected chi connectivity index (χ2v) is 13.1. The summed E-state index contributed by atoms with van der Waals surface area (Å²) in [7, 11) is -2.07. The number of aromatic nitrogens is 2. The minimum Gasteiger partial charge on any atom is -0.395 e. The van der Waals surface area contributed by atoms with E-state index in [4.69, 9.17) is 9.84 Å². The van der Waals surface area contributed by atoms with Crippen LogP contribution in [0, 0.1) is 18.3 Å². The first-order chi connectivity index (χ1) is 19.4. The molecule has 1 aromatic heterocycles. The molecule has 3 heterocycles. The Balaban J connectivity index is 1.39. The number of hydrogen-bond donors (Lipinski definition) is 3. The predicted octanol–water partition coefficient (Wildman–Crippen LogP) is 2.87. The van der Waals surface area contributed by atoms with Gasteiger partial charge in [0.2, 0.25) is 16.0 Å². The molecular weight excluding hydrogens is 558 g/mol. The van der Waals surface area contributed by atoms with Gasteiger partial charge in [-0.15, -0.1) is 0 Å². The number of nitrogens with zero attached hydrogens (tertiary/aromatic N) is 4. The molecule has 14 heteroatoms. The van der Waals surface area contributed by atoms with Crippen LogP contribution in [-0.2, 0) is 14.8 Å². The summed E-state index contributed by atoms with van der Waals surface area (Å²) in [6, 6.07) is 6.32. The quantitative estimate of drug-likeness (QED) is 0.379. The zero-order valence-electron chi connectivity index (χ0n) is 23.2. The number of alkyl halides is 2. The van der Waals surface area contributed by atoms with E-state index in [0.29, 0.717) is 42.6 Å². The number of carbonyl (C=O) groups is 1. The highest BCUT2D eigenvalue weighted by Crippen LogP contribution is 2.58. The molecule has 5 rings (SSSR count). The molecule has 1 saturated carbocycles. The van der Waals surface area contributed by atoms with Crippen molar-refractivity contribution in [2.24, 2.45) is 11.3 Å². The van der Waals surface area contributed by atoms with E-state index >= 15 is 0 Å². The van der Waals surface area contributed by atoms with E-state index in [9.17, 15) is 22.0 Å². The molecule has 1 amide bonds. The van der Waals surface area contributed by atoms with Crippen LogP contribution >= 0.6 is 0 Å². The number of aliphatic hydroxyl groups is 1. The highest BCUT2D eigenvalue weighted by atomic mass is 32.2. The SMILES string of the molecule is COC[C@@]12CCN(c3cc(NS(=O)(=O)CCO)ccc3C(=O)Nc3cc(C)nc(N4CCC(F)(F)CC4)n3)C[C@@H]1C2. The zero-order chi connectivity index (χ0) is 29.4. The third kappa shape index (κ3) is 6.70. The summed E-state index contributed by atoms with van der Waals surface area (Å²) in [6.07, 6.45) is 1.35. The fourth-order valence-electron chi connectivity index (χ4n) is 5.84. The van der Waals surface area contributed by atoms with Gasteiger partial charge in [0.15, 0.2) is 0 Å². The first-order valence-corrected chi connectivity index (χ1v) is 15.4. The summed E-state index contributed by atoms with van der Waals surface area (Å²) in [5.41, 5.74) is 1.94. The van der Waals surface area contributed by atoms with Gasteiger partial charge in [-0.05, 0) is 43.9 Å². The van der Waals surface area contributed by atoms with Gasteiger partial charge in [-0.25, -0.2) is 22.2 Å². The standard InChI is InChI=1S/C27H36F2N6O5S/c1-18-13-23(32-25(30-18)34-9-6-27(28,29)7-10-34)31-24(37)21-4-3-20(33-41(38,39)12-11-36)14-22(21)35-8-5-26(17-40-2)15-19(26)16-35/h3-4,13-14,19,33,36H,5-12,15-17H2,1-2H3,(H,30,31,32,37)/t19-,26-/m0/s1. The van der Waals surface area contributed by atoms with Gasteiger partial charge < -0.3 is 25.0 Å². The van der Waals surface area contributed by atoms with E-state index in [-0.39, 0.29) is 48.8 Å². The number of rotatable bonds is 10. The van der Waals surface area contributed by atoms with Gasteiger partial charge in [-0.1, -0.05) is 0 Å². The third-order valence-corrected chi connectivity index (χ3v) is 9.46. The van der Waals surface area contributed by atoms with Crippen molar-refractivity contribution < 1.29 is 31.8 Å². The van der Waals surface area contributed by atoms with Gasteiger partial charge >= 0.3 is 0 Å². The lowest BCUT2D eigenvalue weighted by Gasteiger charge is -2.34. The number of hydrogen-bond acceptors (Lipinski definition) is 9. The molecule has 224 valence electrons. The van der Waals surface area contributed by atoms with Crippen LogP contribution in [0.4, 0.5) is 31.9 Å². The summed E-state index contributed by atoms with van der Waals surface area (Å²) < 4.78 is 59.9. The molecule has 41 heavy (non-hydrogen) atoms. The number of methoxy groups -OCH3 is 1. The zero-order valence-corrected chi connectivity index (χ0v) is 24.0. The number of carbonyl (C=O) groups excluding carboxylic acids is 1. The Morgan fingerprint density at radius 3 is 2.56 bits per heavy atom. The van der Waals surface area contributed by atoms with Crippen molar-refractivity contribution in [3.8, 4) is 0 Å². The molecular formula is C27H36F2N6O5S. The van der Waals surface area contributed by atoms with Crippen molar-refractivity contribution in [1.82, 2.24) is 9.97 Å². The number of aliphatic hydroxyl groups excluding tert-OH is 1. The predicted molar refractivity (Wildman–Crippen MR) is 151 cm³/mol. The maximum atomic E-state index is 13.7. The fraction of sp³-hybridized carbons (Fsp3) is 0.593. The number of halogens is 2. The molecule has 3 aliphatic rings. The van der Waals surface area contributed by atoms with Crippen LogP contribution in [0.15, 0.2) is 24.3 Å². The minimum atomic E-state index is -3.77. The molecule has 11 nitrogen and oxygen atoms in total. The summed E-state index contributed by atoms with van der Waals surface area (Å²) in [5.74, 6) is -2.66. The first-order valence-electron chi connectivity index (χ1n) is 13.7. The van der Waals surface area contributed by atoms with E-state index in [2.05, 4.69) is 24.9 Å². The largest absolute Gasteiger partial charge is 0.395 e. The van der Waals surface area contributed by atoms with Crippen LogP contribution in [0.1, 0.15) is 41.7 Å². The molecule has 2 aliphatic heterocycles. The Morgan fingerprint density at radius 1 is 1.15 bits per heavy atom. The number of nitrogens with one attached hydrogen (secondary N) is 2. The minimum absolute atomic E-state index is 0.113. The van der Waals surface area contributed by atoms with E-state index in [1.54, 1.807) is 37.1 Å². The molecule has 0 spiro atoms. The van der Waals surface area contributed by atoms with Crippen molar-refractivity contribution in [3.63, 3.8) is 0 Å². The average molecular weight is 595 g/mol. The van der Waals surface area contributed by atoms with Crippen molar-refractivity contribution in [1.29, 1.82) is 0 Å². The van der Waals surface area contributed by atoms with Crippen LogP contribution in [0.3, 0.4) is 0 Å². The van der Waals surface area contributed by atoms with E-state index in [1.807, 2.05) is 0 Å². The van der Waals surface area contributed by atoms with Crippen LogP contribution in [-0.4, -0.2) is 87.6 Å². The van der Waals surface area contributed by atoms with Crippen molar-refractivity contribution in [2.75, 3.05) is 72.1 Å². The van der Waals surface area contributed by atoms with Crippen molar-refractivity contribution >= 4 is 39.1 Å². The second kappa shape index (κ2) is 11.3. The van der Waals surface area contributed by atoms with E-state index in [1.165, 1.54) is 6.07 Å². The molecule has 0 unspecified atom stereocenters. The molecule has 1 aromatic carbocycles. The smallest absolute Gasteiger partial charge is 0.258 e. The van der Waals surface area contributed by atoms with Crippen LogP contribution in [0.25, 0.3) is 0 Å². The van der Waals surface area contributed by atoms with Crippen molar-refractivity contribution in [3.05, 3.63) is 35.5 Å². The van der Waals surface area contributed by atoms with Crippen LogP contribution in [0.2, 0.25) is 0 Å². The molecule has 0 bridgehead atoms. The molecule has 2 aromatic rings. The number of aryl methyl sites for hydroxylation is 1. The molecule has 3 fully saturated rings. The van der Waals surface area contributed by atoms with Crippen LogP contribution in [0.5, 0.6) is 0 Å². The lowest BCUT2D eigenvalue weighted by molar-refractivity contribution is -0.0222. The fourth-order valence-corrected chi connectivity index (χ4v) is 6.67. The third-order valence-electron chi connectivity index (χ3n) is 8.19. The number of anilines is 4. The Hall–Kier alpha value is -3.10. The highest BCUT2D eigenvalue weighted by molar-refractivity contribution is 7.92. The summed E-state index contributed by atoms with van der Waals surface area (Å²) in [6.45, 7) is 3.51. The molecule has 2 saturated heterocycles. The molecule has 2 atom stereocenters. The van der Waals surface area contributed by atoms with Gasteiger partial charge in [0, 0.05) is 63.3 Å². The Labute approximate surface area is 238 Å². The van der Waals surface area contributed by atoms with Gasteiger partial charge in [0.25, 0.3) is 11.8 Å². The molecule has 3 N–H and O–H groups in total. The average Bonchev–Trinajstić information content (AvgIpc) is 3.61. The summed E-state index contributed by atoms with van der Waals surface area (Å²) >= 11 is 0. The van der Waals surface area contributed by atoms with Crippen LogP contribution < -0.4 is 19.8 Å². The van der Waals surface area contributed by atoms with Gasteiger partial charge in [-0.2, -0.15) is 4.98 Å². The topological polar surface area (TPSA) is 137 Å². The Morgan fingerprint density at radius 2 is 1.88 bits per heavy atom. The van der Waals surface area contributed by atoms with Gasteiger partial charge in [0.1, 0.15) is 5.82 Å². The molecule has 1 aliphatic carbocycles. The lowest BCUT2D eigenvalue weighted by Crippen LogP contribution is -2.40. The van der Waals surface area contributed by atoms with E-state index in [0.717, 1.165) is 12.8 Å². The Kier molecular flexibility index (Phi) is 8.09. The van der Waals surface area contributed by atoms with Gasteiger partial charge in [0.05, 0.1) is 35.9 Å². The number of benzene rings is 1. The van der Waals surface area contributed by atoms with E-state index < -0.39 is 34.2 Å². The molecule has 0 radical (unpaired) electrons. The first kappa shape index (κ1) is 29.4. The normalized spacial score (nSPS) is 23.6. The number of piperidine rings is 2. The highest BCUT2D eigenvalue weighted by Gasteiger charge is 2.56. The number of ether oxygens (including phenoxy) is 1. The monoisotopic (exact) mass is 594 g/mol. The number of amides is 1. The summed E-state index contributed by atoms with van der Waals surface area (Å²) in [5, 5.41) is 11.9. The lowest BCUT2D eigenvalue weighted by atomic mass is 9.95. The number of fused-ring (bicyclic) bond motifs is 1. The maximum Gasteiger partial charge on any atom is 0.258 e. The Bertz CT molecular complexity index is 1400. The van der Waals surface area contributed by atoms with Gasteiger partial charge in [-0.3, -0.25) is 9.52 Å².